The number of methoxy groups -OCH3 is 1. The molecule has 0 aliphatic rings. The van der Waals surface area contributed by atoms with Gasteiger partial charge in [-0.05, 0) is 13.8 Å². The normalized spacial score (nSPS) is 12.5. The van der Waals surface area contributed by atoms with E-state index in [4.69, 9.17) is 9.47 Å². The van der Waals surface area contributed by atoms with Crippen LogP contribution in [0.5, 0.6) is 0 Å². The molecule has 0 saturated heterocycles. The molecule has 1 aromatic rings. The van der Waals surface area contributed by atoms with Crippen LogP contribution >= 0.6 is 0 Å². The summed E-state index contributed by atoms with van der Waals surface area (Å²) in [5, 5.41) is 3.34. The largest absolute Gasteiger partial charge is 0.382 e. The van der Waals surface area contributed by atoms with Gasteiger partial charge in [0.1, 0.15) is 5.84 Å². The number of benzene rings is 1. The van der Waals surface area contributed by atoms with Crippen molar-refractivity contribution in [3.05, 3.63) is 35.9 Å². The average Bonchev–Trinajstić information content (AvgIpc) is 2.41. The first-order valence-electron chi connectivity index (χ1n) is 6.48. The molecule has 0 spiro atoms. The topological polar surface area (TPSA) is 42.9 Å². The molecule has 0 heterocycles. The van der Waals surface area contributed by atoms with Crippen LogP contribution in [0.2, 0.25) is 0 Å². The molecule has 0 aliphatic heterocycles. The number of rotatable bonds is 7. The molecular formula is C15H24N2O2. The van der Waals surface area contributed by atoms with Crippen LogP contribution in [0, 0.1) is 0 Å². The monoisotopic (exact) mass is 264 g/mol. The van der Waals surface area contributed by atoms with Gasteiger partial charge in [-0.3, -0.25) is 4.99 Å². The molecule has 0 aromatic heterocycles. The van der Waals surface area contributed by atoms with Crippen molar-refractivity contribution in [3.8, 4) is 0 Å². The lowest BCUT2D eigenvalue weighted by Gasteiger charge is -2.26. The Morgan fingerprint density at radius 1 is 1.21 bits per heavy atom. The summed E-state index contributed by atoms with van der Waals surface area (Å²) in [6, 6.07) is 10.1. The van der Waals surface area contributed by atoms with Crippen LogP contribution < -0.4 is 5.32 Å². The highest BCUT2D eigenvalue weighted by Gasteiger charge is 2.18. The van der Waals surface area contributed by atoms with Crippen molar-refractivity contribution in [2.75, 3.05) is 33.9 Å². The SMILES string of the molecule is CN=C(NCC(C)(C)OCCOC)c1ccccc1. The van der Waals surface area contributed by atoms with Gasteiger partial charge in [-0.15, -0.1) is 0 Å². The molecule has 1 rings (SSSR count). The van der Waals surface area contributed by atoms with Crippen LogP contribution in [0.15, 0.2) is 35.3 Å². The predicted octanol–water partition coefficient (Wildman–Crippen LogP) is 2.09. The van der Waals surface area contributed by atoms with E-state index in [2.05, 4.69) is 10.3 Å². The lowest BCUT2D eigenvalue weighted by molar-refractivity contribution is -0.0355. The first kappa shape index (κ1) is 15.7. The Balaban J connectivity index is 2.50. The van der Waals surface area contributed by atoms with E-state index >= 15 is 0 Å². The summed E-state index contributed by atoms with van der Waals surface area (Å²) in [7, 11) is 3.46. The van der Waals surface area contributed by atoms with Crippen LogP contribution in [0.25, 0.3) is 0 Å². The minimum absolute atomic E-state index is 0.261. The number of hydrogen-bond donors (Lipinski definition) is 1. The minimum atomic E-state index is -0.261. The minimum Gasteiger partial charge on any atom is -0.382 e. The zero-order valence-electron chi connectivity index (χ0n) is 12.3. The Bertz CT molecular complexity index is 388. The summed E-state index contributed by atoms with van der Waals surface area (Å²) >= 11 is 0. The zero-order valence-corrected chi connectivity index (χ0v) is 12.3. The lowest BCUT2D eigenvalue weighted by atomic mass is 10.1. The van der Waals surface area contributed by atoms with Gasteiger partial charge in [-0.25, -0.2) is 0 Å². The average molecular weight is 264 g/mol. The molecular weight excluding hydrogens is 240 g/mol. The quantitative estimate of drug-likeness (QED) is 0.466. The van der Waals surface area contributed by atoms with Crippen molar-refractivity contribution in [1.29, 1.82) is 0 Å². The summed E-state index contributed by atoms with van der Waals surface area (Å²) in [6.45, 7) is 5.99. The van der Waals surface area contributed by atoms with Crippen molar-refractivity contribution in [2.24, 2.45) is 4.99 Å². The summed E-state index contributed by atoms with van der Waals surface area (Å²) in [5.74, 6) is 0.879. The highest BCUT2D eigenvalue weighted by Crippen LogP contribution is 2.08. The number of ether oxygens (including phenoxy) is 2. The number of nitrogens with one attached hydrogen (secondary N) is 1. The number of amidine groups is 1. The Kier molecular flexibility index (Phi) is 6.53. The maximum Gasteiger partial charge on any atom is 0.128 e. The second-order valence-corrected chi connectivity index (χ2v) is 4.89. The van der Waals surface area contributed by atoms with E-state index in [-0.39, 0.29) is 5.60 Å². The number of nitrogens with zero attached hydrogens (tertiary/aromatic N) is 1. The smallest absolute Gasteiger partial charge is 0.128 e. The summed E-state index contributed by atoms with van der Waals surface area (Å²) in [6.07, 6.45) is 0. The third kappa shape index (κ3) is 5.85. The molecule has 0 aliphatic carbocycles. The Morgan fingerprint density at radius 3 is 2.47 bits per heavy atom. The maximum atomic E-state index is 5.76. The van der Waals surface area contributed by atoms with Gasteiger partial charge < -0.3 is 14.8 Å². The van der Waals surface area contributed by atoms with E-state index in [1.165, 1.54) is 0 Å². The molecule has 19 heavy (non-hydrogen) atoms. The van der Waals surface area contributed by atoms with Crippen molar-refractivity contribution < 1.29 is 9.47 Å². The Morgan fingerprint density at radius 2 is 1.89 bits per heavy atom. The van der Waals surface area contributed by atoms with Crippen molar-refractivity contribution in [2.45, 2.75) is 19.4 Å². The number of hydrogen-bond acceptors (Lipinski definition) is 3. The van der Waals surface area contributed by atoms with E-state index in [0.29, 0.717) is 19.8 Å². The summed E-state index contributed by atoms with van der Waals surface area (Å²) < 4.78 is 10.7. The van der Waals surface area contributed by atoms with Gasteiger partial charge in [0.25, 0.3) is 0 Å². The second-order valence-electron chi connectivity index (χ2n) is 4.89. The van der Waals surface area contributed by atoms with E-state index < -0.39 is 0 Å². The van der Waals surface area contributed by atoms with E-state index in [0.717, 1.165) is 11.4 Å². The third-order valence-corrected chi connectivity index (χ3v) is 2.73. The standard InChI is InChI=1S/C15H24N2O2/c1-15(2,19-11-10-18-4)12-17-14(16-3)13-8-6-5-7-9-13/h5-9H,10-12H2,1-4H3,(H,16,17). The number of aliphatic imine (C=N–C) groups is 1. The van der Waals surface area contributed by atoms with E-state index in [9.17, 15) is 0 Å². The van der Waals surface area contributed by atoms with Gasteiger partial charge >= 0.3 is 0 Å². The molecule has 0 fully saturated rings. The fourth-order valence-corrected chi connectivity index (χ4v) is 1.66. The molecule has 0 amide bonds. The van der Waals surface area contributed by atoms with Gasteiger partial charge in [0.05, 0.1) is 18.8 Å². The first-order chi connectivity index (χ1) is 9.09. The molecule has 4 nitrogen and oxygen atoms in total. The molecule has 0 atom stereocenters. The van der Waals surface area contributed by atoms with Crippen LogP contribution in [0.3, 0.4) is 0 Å². The van der Waals surface area contributed by atoms with Crippen LogP contribution in [-0.2, 0) is 9.47 Å². The van der Waals surface area contributed by atoms with Gasteiger partial charge in [-0.2, -0.15) is 0 Å². The van der Waals surface area contributed by atoms with Crippen molar-refractivity contribution >= 4 is 5.84 Å². The van der Waals surface area contributed by atoms with Crippen molar-refractivity contribution in [3.63, 3.8) is 0 Å². The second kappa shape index (κ2) is 7.92. The zero-order chi connectivity index (χ0) is 14.1. The van der Waals surface area contributed by atoms with E-state index in [1.807, 2.05) is 44.2 Å². The van der Waals surface area contributed by atoms with E-state index in [1.54, 1.807) is 14.2 Å². The molecule has 4 heteroatoms. The molecule has 0 unspecified atom stereocenters. The Labute approximate surface area is 115 Å². The van der Waals surface area contributed by atoms with Gasteiger partial charge in [0.15, 0.2) is 0 Å². The third-order valence-electron chi connectivity index (χ3n) is 2.73. The molecule has 106 valence electrons. The van der Waals surface area contributed by atoms with Crippen LogP contribution in [0.4, 0.5) is 0 Å². The highest BCUT2D eigenvalue weighted by molar-refractivity contribution is 5.98. The summed E-state index contributed by atoms with van der Waals surface area (Å²) in [4.78, 5) is 4.28. The molecule has 1 N–H and O–H groups in total. The van der Waals surface area contributed by atoms with Crippen molar-refractivity contribution in [1.82, 2.24) is 5.32 Å². The first-order valence-corrected chi connectivity index (χ1v) is 6.48. The predicted molar refractivity (Wildman–Crippen MR) is 78.8 cm³/mol. The molecule has 1 aromatic carbocycles. The lowest BCUT2D eigenvalue weighted by Crippen LogP contribution is -2.41. The molecule has 0 bridgehead atoms. The fraction of sp³-hybridized carbons (Fsp3) is 0.533. The van der Waals surface area contributed by atoms with Gasteiger partial charge in [0, 0.05) is 26.3 Å². The van der Waals surface area contributed by atoms with Gasteiger partial charge in [0.2, 0.25) is 0 Å². The highest BCUT2D eigenvalue weighted by atomic mass is 16.5. The van der Waals surface area contributed by atoms with Gasteiger partial charge in [-0.1, -0.05) is 30.3 Å². The molecule has 0 radical (unpaired) electrons. The maximum absolute atomic E-state index is 5.76. The fourth-order valence-electron chi connectivity index (χ4n) is 1.66. The van der Waals surface area contributed by atoms with Crippen LogP contribution in [0.1, 0.15) is 19.4 Å². The van der Waals surface area contributed by atoms with Crippen LogP contribution in [-0.4, -0.2) is 45.4 Å². The molecule has 0 saturated carbocycles. The Hall–Kier alpha value is -1.39. The summed E-state index contributed by atoms with van der Waals surface area (Å²) in [5.41, 5.74) is 0.821.